The van der Waals surface area contributed by atoms with Crippen molar-refractivity contribution in [3.8, 4) is 5.75 Å². The number of aryl methyl sites for hydroxylation is 2. The van der Waals surface area contributed by atoms with Crippen molar-refractivity contribution in [2.24, 2.45) is 0 Å². The number of carbonyl (C=O) groups is 2. The van der Waals surface area contributed by atoms with E-state index in [0.717, 1.165) is 16.9 Å². The Labute approximate surface area is 125 Å². The molecule has 0 fully saturated rings. The van der Waals surface area contributed by atoms with Crippen LogP contribution in [-0.4, -0.2) is 41.6 Å². The van der Waals surface area contributed by atoms with Crippen molar-refractivity contribution < 1.29 is 19.4 Å². The molecule has 0 aromatic heterocycles. The zero-order chi connectivity index (χ0) is 16.0. The largest absolute Gasteiger partial charge is 0.493 e. The zero-order valence-electron chi connectivity index (χ0n) is 13.0. The first-order valence-corrected chi connectivity index (χ1v) is 7.05. The molecule has 1 unspecified atom stereocenters. The number of rotatable bonds is 7. The van der Waals surface area contributed by atoms with Gasteiger partial charge in [0.1, 0.15) is 11.8 Å². The molecule has 0 saturated heterocycles. The Morgan fingerprint density at radius 2 is 2.00 bits per heavy atom. The second-order valence-electron chi connectivity index (χ2n) is 5.13. The van der Waals surface area contributed by atoms with Crippen LogP contribution in [0, 0.1) is 13.8 Å². The van der Waals surface area contributed by atoms with Crippen molar-refractivity contribution in [3.63, 3.8) is 0 Å². The SMILES string of the molecule is CCC(C(=O)O)N(C)C(=O)CCOc1cc(C)ccc1C. The molecule has 1 amide bonds. The maximum atomic E-state index is 12.0. The third-order valence-electron chi connectivity index (χ3n) is 3.45. The highest BCUT2D eigenvalue weighted by Gasteiger charge is 2.24. The minimum absolute atomic E-state index is 0.160. The Bertz CT molecular complexity index is 513. The third kappa shape index (κ3) is 4.77. The molecule has 1 N–H and O–H groups in total. The molecule has 1 atom stereocenters. The van der Waals surface area contributed by atoms with Gasteiger partial charge < -0.3 is 14.7 Å². The van der Waals surface area contributed by atoms with Crippen LogP contribution < -0.4 is 4.74 Å². The lowest BCUT2D eigenvalue weighted by Crippen LogP contribution is -2.42. The van der Waals surface area contributed by atoms with E-state index in [2.05, 4.69) is 0 Å². The van der Waals surface area contributed by atoms with Gasteiger partial charge in [0.15, 0.2) is 0 Å². The number of likely N-dealkylation sites (N-methyl/N-ethyl adjacent to an activating group) is 1. The number of amides is 1. The normalized spacial score (nSPS) is 11.8. The first-order chi connectivity index (χ1) is 9.86. The molecule has 5 heteroatoms. The molecule has 0 heterocycles. The van der Waals surface area contributed by atoms with Gasteiger partial charge in [0.2, 0.25) is 5.91 Å². The van der Waals surface area contributed by atoms with Gasteiger partial charge in [-0.15, -0.1) is 0 Å². The van der Waals surface area contributed by atoms with Gasteiger partial charge in [0.25, 0.3) is 0 Å². The van der Waals surface area contributed by atoms with Gasteiger partial charge in [0, 0.05) is 7.05 Å². The lowest BCUT2D eigenvalue weighted by atomic mass is 10.1. The average Bonchev–Trinajstić information content (AvgIpc) is 2.42. The van der Waals surface area contributed by atoms with Gasteiger partial charge in [-0.05, 0) is 37.5 Å². The van der Waals surface area contributed by atoms with Crippen LogP contribution in [0.1, 0.15) is 30.9 Å². The summed E-state index contributed by atoms with van der Waals surface area (Å²) in [5.74, 6) is -0.450. The molecule has 116 valence electrons. The van der Waals surface area contributed by atoms with Gasteiger partial charge in [-0.25, -0.2) is 4.79 Å². The molecule has 1 rings (SSSR count). The fourth-order valence-corrected chi connectivity index (χ4v) is 2.08. The van der Waals surface area contributed by atoms with Crippen LogP contribution in [0.15, 0.2) is 18.2 Å². The Balaban J connectivity index is 2.53. The van der Waals surface area contributed by atoms with Gasteiger partial charge in [-0.1, -0.05) is 19.1 Å². The molecule has 5 nitrogen and oxygen atoms in total. The molecule has 1 aromatic carbocycles. The van der Waals surface area contributed by atoms with Gasteiger partial charge in [0.05, 0.1) is 13.0 Å². The van der Waals surface area contributed by atoms with E-state index in [0.29, 0.717) is 6.42 Å². The molecular formula is C16H23NO4. The number of hydrogen-bond acceptors (Lipinski definition) is 3. The summed E-state index contributed by atoms with van der Waals surface area (Å²) in [7, 11) is 1.52. The standard InChI is InChI=1S/C16H23NO4/c1-5-13(16(19)20)17(4)15(18)8-9-21-14-10-11(2)6-7-12(14)3/h6-7,10,13H,5,8-9H2,1-4H3,(H,19,20). The molecule has 0 spiro atoms. The Morgan fingerprint density at radius 1 is 1.33 bits per heavy atom. The van der Waals surface area contributed by atoms with Crippen LogP contribution in [0.3, 0.4) is 0 Å². The Kier molecular flexibility index (Phi) is 6.21. The Morgan fingerprint density at radius 3 is 2.57 bits per heavy atom. The van der Waals surface area contributed by atoms with Gasteiger partial charge in [-0.3, -0.25) is 4.79 Å². The Hall–Kier alpha value is -2.04. The summed E-state index contributed by atoms with van der Waals surface area (Å²) in [6.07, 6.45) is 0.545. The van der Waals surface area contributed by atoms with Crippen LogP contribution in [-0.2, 0) is 9.59 Å². The van der Waals surface area contributed by atoms with E-state index < -0.39 is 12.0 Å². The lowest BCUT2D eigenvalue weighted by Gasteiger charge is -2.23. The quantitative estimate of drug-likeness (QED) is 0.838. The topological polar surface area (TPSA) is 66.8 Å². The molecule has 0 radical (unpaired) electrons. The van der Waals surface area contributed by atoms with Crippen molar-refractivity contribution >= 4 is 11.9 Å². The summed E-state index contributed by atoms with van der Waals surface area (Å²) in [6, 6.07) is 5.12. The molecule has 1 aromatic rings. The zero-order valence-corrected chi connectivity index (χ0v) is 13.0. The van der Waals surface area contributed by atoms with Gasteiger partial charge >= 0.3 is 5.97 Å². The number of aliphatic carboxylic acids is 1. The molecule has 21 heavy (non-hydrogen) atoms. The van der Waals surface area contributed by atoms with E-state index in [4.69, 9.17) is 9.84 Å². The fraction of sp³-hybridized carbons (Fsp3) is 0.500. The predicted octanol–water partition coefficient (Wildman–Crippen LogP) is 2.39. The number of ether oxygens (including phenoxy) is 1. The molecular weight excluding hydrogens is 270 g/mol. The maximum Gasteiger partial charge on any atom is 0.326 e. The van der Waals surface area contributed by atoms with E-state index in [9.17, 15) is 9.59 Å². The lowest BCUT2D eigenvalue weighted by molar-refractivity contribution is -0.149. The van der Waals surface area contributed by atoms with E-state index in [1.165, 1.54) is 11.9 Å². The minimum atomic E-state index is -0.983. The predicted molar refractivity (Wildman–Crippen MR) is 80.5 cm³/mol. The minimum Gasteiger partial charge on any atom is -0.493 e. The maximum absolute atomic E-state index is 12.0. The summed E-state index contributed by atoms with van der Waals surface area (Å²) < 4.78 is 5.62. The number of nitrogens with zero attached hydrogens (tertiary/aromatic N) is 1. The van der Waals surface area contributed by atoms with Gasteiger partial charge in [-0.2, -0.15) is 0 Å². The van der Waals surface area contributed by atoms with Crippen molar-refractivity contribution in [3.05, 3.63) is 29.3 Å². The summed E-state index contributed by atoms with van der Waals surface area (Å²) in [5.41, 5.74) is 2.11. The van der Waals surface area contributed by atoms with E-state index in [1.54, 1.807) is 6.92 Å². The van der Waals surface area contributed by atoms with Crippen LogP contribution in [0.4, 0.5) is 0 Å². The number of carbonyl (C=O) groups excluding carboxylic acids is 1. The van der Waals surface area contributed by atoms with Crippen LogP contribution in [0.5, 0.6) is 5.75 Å². The average molecular weight is 293 g/mol. The second-order valence-corrected chi connectivity index (χ2v) is 5.13. The van der Waals surface area contributed by atoms with Crippen molar-refractivity contribution in [1.82, 2.24) is 4.90 Å². The van der Waals surface area contributed by atoms with Crippen molar-refractivity contribution in [2.45, 2.75) is 39.7 Å². The fourth-order valence-electron chi connectivity index (χ4n) is 2.08. The molecule has 0 bridgehead atoms. The van der Waals surface area contributed by atoms with E-state index in [1.807, 2.05) is 32.0 Å². The molecule has 0 aliphatic rings. The van der Waals surface area contributed by atoms with Crippen LogP contribution >= 0.6 is 0 Å². The second kappa shape index (κ2) is 7.67. The van der Waals surface area contributed by atoms with E-state index in [-0.39, 0.29) is 18.9 Å². The molecule has 0 saturated carbocycles. The third-order valence-corrected chi connectivity index (χ3v) is 3.45. The monoisotopic (exact) mass is 293 g/mol. The highest BCUT2D eigenvalue weighted by Crippen LogP contribution is 2.19. The highest BCUT2D eigenvalue weighted by molar-refractivity contribution is 5.83. The summed E-state index contributed by atoms with van der Waals surface area (Å²) in [5, 5.41) is 9.04. The number of hydrogen-bond donors (Lipinski definition) is 1. The van der Waals surface area contributed by atoms with Crippen LogP contribution in [0.2, 0.25) is 0 Å². The van der Waals surface area contributed by atoms with Crippen molar-refractivity contribution in [1.29, 1.82) is 0 Å². The first kappa shape index (κ1) is 17.0. The summed E-state index contributed by atoms with van der Waals surface area (Å²) in [6.45, 7) is 5.91. The molecule has 0 aliphatic carbocycles. The number of benzene rings is 1. The number of carboxylic acid groups (broad SMARTS) is 1. The highest BCUT2D eigenvalue weighted by atomic mass is 16.5. The summed E-state index contributed by atoms with van der Waals surface area (Å²) >= 11 is 0. The van der Waals surface area contributed by atoms with Crippen molar-refractivity contribution in [2.75, 3.05) is 13.7 Å². The smallest absolute Gasteiger partial charge is 0.326 e. The van der Waals surface area contributed by atoms with Crippen LogP contribution in [0.25, 0.3) is 0 Å². The first-order valence-electron chi connectivity index (χ1n) is 7.05. The number of carboxylic acids is 1. The van der Waals surface area contributed by atoms with E-state index >= 15 is 0 Å². The molecule has 0 aliphatic heterocycles. The summed E-state index contributed by atoms with van der Waals surface area (Å²) in [4.78, 5) is 24.3.